The molecule has 2 radical (unpaired) electrons. The number of nitrogens with zero attached hydrogens (tertiary/aromatic N) is 4. The largest absolute Gasteiger partial charge is 0.468 e. The Hall–Kier alpha value is -4.23. The molecule has 0 aliphatic carbocycles. The van der Waals surface area contributed by atoms with Gasteiger partial charge in [-0.2, -0.15) is 0 Å². The molecule has 0 aromatic heterocycles. The summed E-state index contributed by atoms with van der Waals surface area (Å²) in [6.07, 6.45) is 0.514. The molecule has 0 aromatic carbocycles. The number of primary amides is 1. The zero-order valence-electron chi connectivity index (χ0n) is 40.3. The number of likely N-dealkylation sites (N-methyl/N-ethyl adjacent to an activating group) is 2. The molecular weight excluding hydrogens is 805 g/mol. The molecule has 5 amide bonds. The molecule has 8 atom stereocenters. The fourth-order valence-electron chi connectivity index (χ4n) is 7.97. The second-order valence-electron chi connectivity index (χ2n) is 16.4. The van der Waals surface area contributed by atoms with Gasteiger partial charge in [-0.15, -0.1) is 5.06 Å². The van der Waals surface area contributed by atoms with Crippen molar-refractivity contribution in [1.82, 2.24) is 19.8 Å². The van der Waals surface area contributed by atoms with Crippen molar-refractivity contribution in [3.63, 3.8) is 0 Å². The van der Waals surface area contributed by atoms with Crippen LogP contribution in [0.4, 0.5) is 0 Å². The zero-order valence-corrected chi connectivity index (χ0v) is 39.3. The molecule has 2 rings (SSSR count). The van der Waals surface area contributed by atoms with Gasteiger partial charge >= 0.3 is 11.9 Å². The number of nitrogens with two attached hydrogens (primary N) is 1. The predicted molar refractivity (Wildman–Crippen MR) is 231 cm³/mol. The van der Waals surface area contributed by atoms with Crippen molar-refractivity contribution in [2.75, 3.05) is 48.5 Å². The number of Topliss-reactive ketones (excluding diaryl/α,β-unsaturated/α-hetero) is 2. The van der Waals surface area contributed by atoms with Crippen molar-refractivity contribution >= 4 is 60.9 Å². The Morgan fingerprint density at radius 3 is 1.92 bits per heavy atom. The molecule has 2 heterocycles. The van der Waals surface area contributed by atoms with E-state index in [0.29, 0.717) is 18.0 Å². The van der Waals surface area contributed by atoms with Crippen LogP contribution in [0.1, 0.15) is 108 Å². The van der Waals surface area contributed by atoms with Crippen LogP contribution in [0, 0.1) is 29.6 Å². The molecule has 0 saturated carbocycles. The van der Waals surface area contributed by atoms with Gasteiger partial charge in [0, 0.05) is 60.3 Å². The minimum atomic E-state index is -1.01. The van der Waals surface area contributed by atoms with Crippen molar-refractivity contribution < 1.29 is 63.6 Å². The number of methoxy groups -OCH3 is 3. The van der Waals surface area contributed by atoms with E-state index in [1.165, 1.54) is 21.0 Å². The maximum Gasteiger partial charge on any atom is 0.342 e. The quantitative estimate of drug-likeness (QED) is 0.0674. The summed E-state index contributed by atoms with van der Waals surface area (Å²) in [6, 6.07) is -1.30. The van der Waals surface area contributed by atoms with Gasteiger partial charge in [0.05, 0.1) is 58.3 Å². The predicted octanol–water partition coefficient (Wildman–Crippen LogP) is 2.53. The van der Waals surface area contributed by atoms with Crippen molar-refractivity contribution in [2.24, 2.45) is 35.3 Å². The van der Waals surface area contributed by atoms with Crippen LogP contribution < -0.4 is 5.73 Å². The van der Waals surface area contributed by atoms with Crippen LogP contribution in [0.5, 0.6) is 0 Å². The first-order chi connectivity index (χ1) is 29.5. The molecule has 0 bridgehead atoms. The van der Waals surface area contributed by atoms with Gasteiger partial charge in [0.15, 0.2) is 5.78 Å². The second-order valence-corrected chi connectivity index (χ2v) is 16.4. The number of hydroxylamine groups is 2. The van der Waals surface area contributed by atoms with E-state index in [9.17, 15) is 43.2 Å². The summed E-state index contributed by atoms with van der Waals surface area (Å²) in [5.41, 5.74) is 4.71. The Morgan fingerprint density at radius 1 is 0.887 bits per heavy atom. The van der Waals surface area contributed by atoms with E-state index in [4.69, 9.17) is 21.3 Å². The van der Waals surface area contributed by atoms with Crippen molar-refractivity contribution in [3.8, 4) is 0 Å². The molecule has 352 valence electrons. The van der Waals surface area contributed by atoms with E-state index in [-0.39, 0.29) is 86.3 Å². The zero-order chi connectivity index (χ0) is 48.9. The first kappa shape index (κ1) is 55.8. The maximum atomic E-state index is 14.2. The topological polar surface area (TPSA) is 230 Å². The number of ketones is 2. The number of carbonyl (C=O) groups is 9. The SMILES string of the molecule is NC(=O)CC(=O)ON1C(=O)CCC1=O.[2H]CC(=O)[C@H](C)[C@@H](OC)[C@@H]1CCCN1C(=O)C[C@@H](OC)[C@H]([C@@H](C)CC)N(C)C(=O)[C@@H](CC(=O)[C@H](C(C)C)N(C)CC(=O)OC)C(C)C.[B]C. The average Bonchev–Trinajstić information content (AvgIpc) is 3.84. The van der Waals surface area contributed by atoms with E-state index < -0.39 is 72.2 Å². The Morgan fingerprint density at radius 2 is 1.47 bits per heavy atom. The van der Waals surface area contributed by atoms with Gasteiger partial charge in [0.1, 0.15) is 12.2 Å². The lowest BCUT2D eigenvalue weighted by molar-refractivity contribution is -0.197. The standard InChI is InChI=1S/C35H63N3O8.C7H8N2O5.CH3B/c1-14-23(6)33(29(44-11)19-30(41)38-17-15-16-27(38)34(46-13)24(7)25(8)39)37(10)35(43)26(21(2)3)18-28(40)32(22(4)5)36(9)20-31(42)45-12;8-4(10)3-7(13)14-9-5(11)1-2-6(9)12;1-2/h21-24,26-27,29,32-34H,14-20H2,1-13H3;1-3H2,(H2,8,10);1H3/t23-,24-,26-,27-,29+,32-,33-,34+;;/m0../s1/i8D;;. The van der Waals surface area contributed by atoms with E-state index in [0.717, 1.165) is 12.8 Å². The highest BCUT2D eigenvalue weighted by Gasteiger charge is 2.43. The number of esters is 1. The minimum absolute atomic E-state index is 0.0160. The summed E-state index contributed by atoms with van der Waals surface area (Å²) >= 11 is 0. The van der Waals surface area contributed by atoms with Crippen molar-refractivity contribution in [2.45, 2.75) is 144 Å². The van der Waals surface area contributed by atoms with E-state index in [1.807, 2.05) is 41.5 Å². The lowest BCUT2D eigenvalue weighted by Gasteiger charge is -2.41. The summed E-state index contributed by atoms with van der Waals surface area (Å²) in [5, 5.41) is 0.366. The number of carbonyl (C=O) groups excluding carboxylic acids is 9. The molecule has 2 fully saturated rings. The van der Waals surface area contributed by atoms with Gasteiger partial charge in [-0.25, -0.2) is 4.79 Å². The number of hydrogen-bond acceptors (Lipinski definition) is 14. The smallest absolute Gasteiger partial charge is 0.342 e. The second kappa shape index (κ2) is 28.5. The van der Waals surface area contributed by atoms with E-state index in [2.05, 4.69) is 12.7 Å². The summed E-state index contributed by atoms with van der Waals surface area (Å²) in [6.45, 7) is 15.2. The molecule has 0 unspecified atom stereocenters. The van der Waals surface area contributed by atoms with Crippen molar-refractivity contribution in [1.29, 1.82) is 0 Å². The number of likely N-dealkylation sites (tertiary alicyclic amines) is 1. The Bertz CT molecular complexity index is 1540. The van der Waals surface area contributed by atoms with Gasteiger partial charge in [-0.3, -0.25) is 43.3 Å². The van der Waals surface area contributed by atoms with Crippen LogP contribution in [0.3, 0.4) is 0 Å². The first-order valence-corrected chi connectivity index (χ1v) is 21.2. The van der Waals surface area contributed by atoms with E-state index >= 15 is 0 Å². The van der Waals surface area contributed by atoms with Gasteiger partial charge in [0.2, 0.25) is 17.7 Å². The molecule has 0 aromatic rings. The number of rotatable bonds is 23. The number of imide groups is 1. The summed E-state index contributed by atoms with van der Waals surface area (Å²) in [7, 11) is 12.3. The Kier molecular flexibility index (Phi) is 25.6. The number of amides is 5. The lowest BCUT2D eigenvalue weighted by Crippen LogP contribution is -2.54. The van der Waals surface area contributed by atoms with Crippen LogP contribution >= 0.6 is 0 Å². The molecule has 0 spiro atoms. The molecular formula is C43H74BN5O13. The Balaban J connectivity index is 0.00000201. The van der Waals surface area contributed by atoms with Gasteiger partial charge in [-0.1, -0.05) is 61.7 Å². The highest BCUT2D eigenvalue weighted by Crippen LogP contribution is 2.31. The monoisotopic (exact) mass is 881 g/mol. The van der Waals surface area contributed by atoms with Gasteiger partial charge < -0.3 is 34.6 Å². The lowest BCUT2D eigenvalue weighted by atomic mass is 9.83. The summed E-state index contributed by atoms with van der Waals surface area (Å²) in [4.78, 5) is 119. The van der Waals surface area contributed by atoms with Crippen LogP contribution in [0.2, 0.25) is 6.82 Å². The van der Waals surface area contributed by atoms with Crippen LogP contribution in [0.15, 0.2) is 0 Å². The molecule has 2 aliphatic rings. The molecule has 2 saturated heterocycles. The molecule has 2 N–H and O–H groups in total. The fourth-order valence-corrected chi connectivity index (χ4v) is 7.97. The fraction of sp³-hybridized carbons (Fsp3) is 0.791. The maximum absolute atomic E-state index is 14.2. The third-order valence-corrected chi connectivity index (χ3v) is 11.5. The summed E-state index contributed by atoms with van der Waals surface area (Å²) in [5.74, 6) is -5.55. The van der Waals surface area contributed by atoms with Gasteiger partial charge in [0.25, 0.3) is 11.8 Å². The highest BCUT2D eigenvalue weighted by molar-refractivity contribution is 6.05. The minimum Gasteiger partial charge on any atom is -0.468 e. The Labute approximate surface area is 371 Å². The third-order valence-electron chi connectivity index (χ3n) is 11.5. The average molecular weight is 881 g/mol. The van der Waals surface area contributed by atoms with E-state index in [1.54, 1.807) is 42.8 Å². The van der Waals surface area contributed by atoms with Crippen molar-refractivity contribution in [3.05, 3.63) is 0 Å². The number of ether oxygens (including phenoxy) is 3. The first-order valence-electron chi connectivity index (χ1n) is 21.9. The normalized spacial score (nSPS) is 18.6. The van der Waals surface area contributed by atoms with Crippen LogP contribution in [0.25, 0.3) is 0 Å². The number of hydrogen-bond donors (Lipinski definition) is 1. The molecule has 2 aliphatic heterocycles. The summed E-state index contributed by atoms with van der Waals surface area (Å²) < 4.78 is 24.0. The molecule has 19 heteroatoms. The molecule has 18 nitrogen and oxygen atoms in total. The molecule has 62 heavy (non-hydrogen) atoms. The van der Waals surface area contributed by atoms with Crippen LogP contribution in [-0.4, -0.2) is 159 Å². The van der Waals surface area contributed by atoms with Crippen LogP contribution in [-0.2, 0) is 62.2 Å². The third kappa shape index (κ3) is 17.2. The highest BCUT2D eigenvalue weighted by atomic mass is 16.7. The van der Waals surface area contributed by atoms with Gasteiger partial charge in [-0.05, 0) is 44.5 Å².